The molecule has 2 aromatic carbocycles. The number of imidazole rings is 1. The molecule has 0 aliphatic carbocycles. The van der Waals surface area contributed by atoms with Gasteiger partial charge < -0.3 is 4.57 Å². The number of thioether (sulfide) groups is 1. The number of aromatic nitrogens is 2. The van der Waals surface area contributed by atoms with Crippen LogP contribution in [0, 0.1) is 17.2 Å². The third kappa shape index (κ3) is 2.17. The van der Waals surface area contributed by atoms with E-state index in [4.69, 9.17) is 0 Å². The van der Waals surface area contributed by atoms with Crippen LogP contribution in [0.1, 0.15) is 11.6 Å². The number of nitrogens with zero attached hydrogens (tertiary/aromatic N) is 3. The molecule has 6 heteroatoms. The molecule has 0 saturated heterocycles. The minimum atomic E-state index is -0.796. The molecule has 24 heavy (non-hydrogen) atoms. The minimum absolute atomic E-state index is 0.306. The highest BCUT2D eigenvalue weighted by Gasteiger charge is 2.38. The van der Waals surface area contributed by atoms with E-state index < -0.39 is 5.92 Å². The number of nitrogens with one attached hydrogen (secondary N) is 1. The van der Waals surface area contributed by atoms with Crippen molar-refractivity contribution in [1.29, 1.82) is 5.26 Å². The zero-order chi connectivity index (χ0) is 16.7. The molecule has 2 heterocycles. The molecule has 0 unspecified atom stereocenters. The van der Waals surface area contributed by atoms with Crippen LogP contribution in [0.15, 0.2) is 53.4 Å². The molecule has 1 aromatic heterocycles. The highest BCUT2D eigenvalue weighted by Crippen LogP contribution is 2.38. The number of rotatable bonds is 2. The molecule has 1 amide bonds. The van der Waals surface area contributed by atoms with Crippen molar-refractivity contribution < 1.29 is 4.79 Å². The summed E-state index contributed by atoms with van der Waals surface area (Å²) in [6, 6.07) is 17.5. The molecule has 0 saturated carbocycles. The largest absolute Gasteiger partial charge is 0.300 e. The van der Waals surface area contributed by atoms with E-state index in [0.29, 0.717) is 5.95 Å². The van der Waals surface area contributed by atoms with Crippen LogP contribution in [-0.4, -0.2) is 21.7 Å². The number of fused-ring (bicyclic) bond motifs is 3. The maximum absolute atomic E-state index is 12.4. The van der Waals surface area contributed by atoms with Crippen molar-refractivity contribution in [3.05, 3.63) is 54.1 Å². The summed E-state index contributed by atoms with van der Waals surface area (Å²) in [6.45, 7) is 0. The van der Waals surface area contributed by atoms with Crippen LogP contribution >= 0.6 is 11.8 Å². The van der Waals surface area contributed by atoms with Gasteiger partial charge in [-0.05, 0) is 36.1 Å². The Morgan fingerprint density at radius 3 is 2.67 bits per heavy atom. The number of anilines is 1. The zero-order valence-corrected chi connectivity index (χ0v) is 13.7. The van der Waals surface area contributed by atoms with E-state index in [-0.39, 0.29) is 11.9 Å². The average molecular weight is 334 g/mol. The Balaban J connectivity index is 1.95. The van der Waals surface area contributed by atoms with Gasteiger partial charge in [0, 0.05) is 4.90 Å². The predicted octanol–water partition coefficient (Wildman–Crippen LogP) is 3.44. The van der Waals surface area contributed by atoms with Crippen LogP contribution < -0.4 is 5.32 Å². The molecule has 0 fully saturated rings. The summed E-state index contributed by atoms with van der Waals surface area (Å²) in [7, 11) is 0. The Hall–Kier alpha value is -2.78. The standard InChI is InChI=1S/C18H14N4OS/c1-24-12-8-6-11(7-9-12)16-13(10-19)17(23)21-18-20-14-4-2-3-5-15(14)22(16)18/h2-9,13,16H,1H3,(H,20,21,23)/t13-,16-/m0/s1. The molecular formula is C18H14N4OS. The molecule has 0 radical (unpaired) electrons. The first-order valence-corrected chi connectivity index (χ1v) is 8.77. The molecule has 0 spiro atoms. The number of amides is 1. The van der Waals surface area contributed by atoms with E-state index >= 15 is 0 Å². The van der Waals surface area contributed by atoms with Gasteiger partial charge in [-0.1, -0.05) is 24.3 Å². The topological polar surface area (TPSA) is 70.7 Å². The molecule has 3 aromatic rings. The van der Waals surface area contributed by atoms with Crippen molar-refractivity contribution in [3.63, 3.8) is 0 Å². The quantitative estimate of drug-likeness (QED) is 0.729. The molecule has 1 aliphatic rings. The summed E-state index contributed by atoms with van der Waals surface area (Å²) in [5.74, 6) is -0.610. The van der Waals surface area contributed by atoms with Crippen molar-refractivity contribution in [1.82, 2.24) is 9.55 Å². The number of hydrogen-bond acceptors (Lipinski definition) is 4. The Kier molecular flexibility index (Phi) is 3.51. The van der Waals surface area contributed by atoms with Gasteiger partial charge in [0.2, 0.25) is 11.9 Å². The van der Waals surface area contributed by atoms with Gasteiger partial charge in [0.1, 0.15) is 0 Å². The Morgan fingerprint density at radius 1 is 1.21 bits per heavy atom. The molecule has 1 aliphatic heterocycles. The van der Waals surface area contributed by atoms with Gasteiger partial charge >= 0.3 is 0 Å². The van der Waals surface area contributed by atoms with Crippen molar-refractivity contribution >= 4 is 34.7 Å². The van der Waals surface area contributed by atoms with Crippen molar-refractivity contribution in [2.45, 2.75) is 10.9 Å². The normalized spacial score (nSPS) is 19.6. The van der Waals surface area contributed by atoms with Crippen LogP contribution in [0.4, 0.5) is 5.95 Å². The Labute approximate surface area is 143 Å². The van der Waals surface area contributed by atoms with E-state index in [2.05, 4.69) is 16.4 Å². The number of carbonyl (C=O) groups excluding carboxylic acids is 1. The summed E-state index contributed by atoms with van der Waals surface area (Å²) in [4.78, 5) is 18.0. The zero-order valence-electron chi connectivity index (χ0n) is 12.9. The van der Waals surface area contributed by atoms with Crippen LogP contribution in [-0.2, 0) is 4.79 Å². The molecule has 5 nitrogen and oxygen atoms in total. The van der Waals surface area contributed by atoms with Gasteiger partial charge in [0.15, 0.2) is 5.92 Å². The van der Waals surface area contributed by atoms with Gasteiger partial charge in [-0.3, -0.25) is 10.1 Å². The van der Waals surface area contributed by atoms with Crippen LogP contribution in [0.25, 0.3) is 11.0 Å². The van der Waals surface area contributed by atoms with Crippen LogP contribution in [0.5, 0.6) is 0 Å². The molecule has 118 valence electrons. The van der Waals surface area contributed by atoms with Gasteiger partial charge in [-0.15, -0.1) is 11.8 Å². The first-order chi connectivity index (χ1) is 11.7. The van der Waals surface area contributed by atoms with E-state index in [9.17, 15) is 10.1 Å². The first-order valence-electron chi connectivity index (χ1n) is 7.54. The van der Waals surface area contributed by atoms with E-state index in [1.807, 2.05) is 59.4 Å². The SMILES string of the molecule is CSc1ccc([C@H]2[C@H](C#N)C(=O)Nc3nc4ccccc4n32)cc1. The molecular weight excluding hydrogens is 320 g/mol. The summed E-state index contributed by atoms with van der Waals surface area (Å²) in [6.07, 6.45) is 2.02. The number of nitriles is 1. The molecule has 0 bridgehead atoms. The predicted molar refractivity (Wildman–Crippen MR) is 93.8 cm³/mol. The van der Waals surface area contributed by atoms with Gasteiger partial charge in [0.05, 0.1) is 23.1 Å². The van der Waals surface area contributed by atoms with Crippen molar-refractivity contribution in [3.8, 4) is 6.07 Å². The lowest BCUT2D eigenvalue weighted by molar-refractivity contribution is -0.119. The fourth-order valence-electron chi connectivity index (χ4n) is 3.17. The second kappa shape index (κ2) is 5.69. The smallest absolute Gasteiger partial charge is 0.246 e. The van der Waals surface area contributed by atoms with Gasteiger partial charge in [-0.25, -0.2) is 4.98 Å². The highest BCUT2D eigenvalue weighted by atomic mass is 32.2. The maximum atomic E-state index is 12.4. The Bertz CT molecular complexity index is 971. The molecule has 1 N–H and O–H groups in total. The second-order valence-corrected chi connectivity index (χ2v) is 6.49. The number of carbonyl (C=O) groups is 1. The third-order valence-electron chi connectivity index (χ3n) is 4.30. The Morgan fingerprint density at radius 2 is 1.96 bits per heavy atom. The number of para-hydroxylation sites is 2. The fraction of sp³-hybridized carbons (Fsp3) is 0.167. The van der Waals surface area contributed by atoms with Crippen LogP contribution in [0.2, 0.25) is 0 Å². The summed E-state index contributed by atoms with van der Waals surface area (Å²) in [5, 5.41) is 12.3. The fourth-order valence-corrected chi connectivity index (χ4v) is 3.57. The van der Waals surface area contributed by atoms with Gasteiger partial charge in [-0.2, -0.15) is 5.26 Å². The lowest BCUT2D eigenvalue weighted by Gasteiger charge is -2.30. The van der Waals surface area contributed by atoms with E-state index in [0.717, 1.165) is 21.5 Å². The summed E-state index contributed by atoms with van der Waals surface area (Å²) >= 11 is 1.66. The minimum Gasteiger partial charge on any atom is -0.300 e. The molecule has 2 atom stereocenters. The third-order valence-corrected chi connectivity index (χ3v) is 5.05. The van der Waals surface area contributed by atoms with Crippen molar-refractivity contribution in [2.24, 2.45) is 5.92 Å². The molecule has 4 rings (SSSR count). The second-order valence-electron chi connectivity index (χ2n) is 5.61. The first kappa shape index (κ1) is 14.8. The average Bonchev–Trinajstić information content (AvgIpc) is 2.98. The summed E-state index contributed by atoms with van der Waals surface area (Å²) < 4.78 is 1.96. The monoisotopic (exact) mass is 334 g/mol. The van der Waals surface area contributed by atoms with Gasteiger partial charge in [0.25, 0.3) is 0 Å². The van der Waals surface area contributed by atoms with E-state index in [1.54, 1.807) is 11.8 Å². The van der Waals surface area contributed by atoms with E-state index in [1.165, 1.54) is 0 Å². The van der Waals surface area contributed by atoms with Crippen molar-refractivity contribution in [2.75, 3.05) is 11.6 Å². The number of benzene rings is 2. The summed E-state index contributed by atoms with van der Waals surface area (Å²) in [5.41, 5.74) is 2.64. The number of hydrogen-bond donors (Lipinski definition) is 1. The lowest BCUT2D eigenvalue weighted by atomic mass is 9.91. The highest BCUT2D eigenvalue weighted by molar-refractivity contribution is 7.98. The lowest BCUT2D eigenvalue weighted by Crippen LogP contribution is -2.37. The maximum Gasteiger partial charge on any atom is 0.246 e. The van der Waals surface area contributed by atoms with Crippen LogP contribution in [0.3, 0.4) is 0 Å².